The number of rotatable bonds is 4. The van der Waals surface area contributed by atoms with Crippen LogP contribution in [0.5, 0.6) is 0 Å². The molecule has 2 amide bonds. The Kier molecular flexibility index (Phi) is 6.37. The van der Waals surface area contributed by atoms with Crippen molar-refractivity contribution in [2.24, 2.45) is 5.73 Å². The van der Waals surface area contributed by atoms with Crippen molar-refractivity contribution in [2.45, 2.75) is 19.9 Å². The van der Waals surface area contributed by atoms with Crippen molar-refractivity contribution < 1.29 is 14.0 Å². The summed E-state index contributed by atoms with van der Waals surface area (Å²) in [5.41, 5.74) is 5.53. The van der Waals surface area contributed by atoms with E-state index in [0.29, 0.717) is 12.1 Å². The molecule has 1 rings (SSSR count). The van der Waals surface area contributed by atoms with Crippen LogP contribution in [0.2, 0.25) is 0 Å². The van der Waals surface area contributed by atoms with Gasteiger partial charge in [0.15, 0.2) is 0 Å². The first-order valence-corrected chi connectivity index (χ1v) is 6.56. The molecule has 1 unspecified atom stereocenters. The summed E-state index contributed by atoms with van der Waals surface area (Å²) < 4.78 is 13.9. The lowest BCUT2D eigenvalue weighted by Gasteiger charge is -2.13. The molecule has 5 nitrogen and oxygen atoms in total. The molecule has 1 aromatic rings. The van der Waals surface area contributed by atoms with Crippen LogP contribution in [-0.4, -0.2) is 30.9 Å². The Balaban J connectivity index is 2.81. The molecule has 0 heterocycles. The van der Waals surface area contributed by atoms with Gasteiger partial charge in [-0.3, -0.25) is 9.59 Å². The highest BCUT2D eigenvalue weighted by Gasteiger charge is 2.18. The fraction of sp³-hybridized carbons (Fsp3) is 0.333. The van der Waals surface area contributed by atoms with E-state index in [2.05, 4.69) is 22.5 Å². The zero-order chi connectivity index (χ0) is 15.8. The Morgan fingerprint density at radius 2 is 2.14 bits per heavy atom. The lowest BCUT2D eigenvalue weighted by Crippen LogP contribution is -2.44. The maximum absolute atomic E-state index is 13.9. The van der Waals surface area contributed by atoms with Gasteiger partial charge in [-0.15, -0.1) is 0 Å². The smallest absolute Gasteiger partial charge is 0.254 e. The second kappa shape index (κ2) is 8.02. The average molecular weight is 291 g/mol. The van der Waals surface area contributed by atoms with Crippen LogP contribution in [0.1, 0.15) is 29.8 Å². The van der Waals surface area contributed by atoms with Gasteiger partial charge in [-0.2, -0.15) is 0 Å². The lowest BCUT2D eigenvalue weighted by molar-refractivity contribution is -0.122. The quantitative estimate of drug-likeness (QED) is 0.702. The highest BCUT2D eigenvalue weighted by Crippen LogP contribution is 2.10. The predicted molar refractivity (Wildman–Crippen MR) is 77.9 cm³/mol. The van der Waals surface area contributed by atoms with Gasteiger partial charge in [0, 0.05) is 12.1 Å². The van der Waals surface area contributed by atoms with E-state index in [-0.39, 0.29) is 18.0 Å². The maximum Gasteiger partial charge on any atom is 0.254 e. The number of nitrogens with one attached hydrogen (secondary N) is 2. The molecule has 1 atom stereocenters. The van der Waals surface area contributed by atoms with Gasteiger partial charge in [-0.05, 0) is 32.0 Å². The van der Waals surface area contributed by atoms with Crippen molar-refractivity contribution in [3.8, 4) is 11.8 Å². The Hall–Kier alpha value is -2.39. The number of amides is 2. The van der Waals surface area contributed by atoms with Crippen LogP contribution >= 0.6 is 0 Å². The van der Waals surface area contributed by atoms with Crippen LogP contribution < -0.4 is 16.4 Å². The van der Waals surface area contributed by atoms with Gasteiger partial charge in [-0.25, -0.2) is 4.39 Å². The summed E-state index contributed by atoms with van der Waals surface area (Å²) >= 11 is 0. The van der Waals surface area contributed by atoms with E-state index >= 15 is 0 Å². The molecule has 0 fully saturated rings. The standard InChI is InChI=1S/C15H18FN3O2/c1-3-18-14(20)10(2)19-15(21)12-7-6-11(5-4-8-17)9-13(12)16/h6-7,9-10H,3,8,17H2,1-2H3,(H,18,20)(H,19,21). The van der Waals surface area contributed by atoms with Gasteiger partial charge in [0.25, 0.3) is 5.91 Å². The van der Waals surface area contributed by atoms with Crippen molar-refractivity contribution in [2.75, 3.05) is 13.1 Å². The molecule has 4 N–H and O–H groups in total. The zero-order valence-electron chi connectivity index (χ0n) is 12.0. The molecule has 112 valence electrons. The van der Waals surface area contributed by atoms with Crippen LogP contribution in [0.3, 0.4) is 0 Å². The van der Waals surface area contributed by atoms with E-state index in [9.17, 15) is 14.0 Å². The first-order chi connectivity index (χ1) is 9.99. The first kappa shape index (κ1) is 16.7. The second-order valence-electron chi connectivity index (χ2n) is 4.29. The van der Waals surface area contributed by atoms with Crippen LogP contribution in [0.4, 0.5) is 4.39 Å². The summed E-state index contributed by atoms with van der Waals surface area (Å²) in [5, 5.41) is 5.01. The Morgan fingerprint density at radius 1 is 1.43 bits per heavy atom. The molecule has 6 heteroatoms. The van der Waals surface area contributed by atoms with Gasteiger partial charge < -0.3 is 16.4 Å². The monoisotopic (exact) mass is 291 g/mol. The van der Waals surface area contributed by atoms with Crippen LogP contribution in [0, 0.1) is 17.7 Å². The summed E-state index contributed by atoms with van der Waals surface area (Å²) in [6, 6.07) is 3.27. The predicted octanol–water partition coefficient (Wildman–Crippen LogP) is 0.390. The molecule has 1 aromatic carbocycles. The highest BCUT2D eigenvalue weighted by atomic mass is 19.1. The molecule has 0 radical (unpaired) electrons. The van der Waals surface area contributed by atoms with E-state index in [1.54, 1.807) is 6.92 Å². The third kappa shape index (κ3) is 4.89. The average Bonchev–Trinajstić information content (AvgIpc) is 2.45. The van der Waals surface area contributed by atoms with Gasteiger partial charge in [0.2, 0.25) is 5.91 Å². The van der Waals surface area contributed by atoms with E-state index in [4.69, 9.17) is 5.73 Å². The Morgan fingerprint density at radius 3 is 2.71 bits per heavy atom. The van der Waals surface area contributed by atoms with Gasteiger partial charge in [-0.1, -0.05) is 11.8 Å². The minimum absolute atomic E-state index is 0.135. The summed E-state index contributed by atoms with van der Waals surface area (Å²) in [6.45, 7) is 3.94. The lowest BCUT2D eigenvalue weighted by atomic mass is 10.1. The molecule has 0 aromatic heterocycles. The zero-order valence-corrected chi connectivity index (χ0v) is 12.0. The van der Waals surface area contributed by atoms with Crippen molar-refractivity contribution in [1.82, 2.24) is 10.6 Å². The van der Waals surface area contributed by atoms with Gasteiger partial charge in [0.1, 0.15) is 11.9 Å². The number of carbonyl (C=O) groups excluding carboxylic acids is 2. The van der Waals surface area contributed by atoms with Crippen LogP contribution in [0.15, 0.2) is 18.2 Å². The topological polar surface area (TPSA) is 84.2 Å². The molecule has 0 aliphatic heterocycles. The van der Waals surface area contributed by atoms with Crippen LogP contribution in [0.25, 0.3) is 0 Å². The normalized spacial score (nSPS) is 11.0. The maximum atomic E-state index is 13.9. The second-order valence-corrected chi connectivity index (χ2v) is 4.29. The number of nitrogens with two attached hydrogens (primary N) is 1. The number of hydrogen-bond donors (Lipinski definition) is 3. The van der Waals surface area contributed by atoms with Crippen LogP contribution in [-0.2, 0) is 4.79 Å². The number of hydrogen-bond acceptors (Lipinski definition) is 3. The molecule has 0 aliphatic carbocycles. The van der Waals surface area contributed by atoms with Crippen molar-refractivity contribution in [3.63, 3.8) is 0 Å². The van der Waals surface area contributed by atoms with Crippen molar-refractivity contribution >= 4 is 11.8 Å². The fourth-order valence-electron chi connectivity index (χ4n) is 1.60. The molecule has 21 heavy (non-hydrogen) atoms. The third-order valence-electron chi connectivity index (χ3n) is 2.64. The number of carbonyl (C=O) groups is 2. The molecule has 0 aliphatic rings. The molecule has 0 saturated heterocycles. The number of likely N-dealkylation sites (N-methyl/N-ethyl adjacent to an activating group) is 1. The van der Waals surface area contributed by atoms with E-state index in [0.717, 1.165) is 6.07 Å². The highest BCUT2D eigenvalue weighted by molar-refractivity contribution is 5.97. The summed E-state index contributed by atoms with van der Waals surface area (Å²) in [7, 11) is 0. The van der Waals surface area contributed by atoms with Gasteiger partial charge >= 0.3 is 0 Å². The molecule has 0 spiro atoms. The number of benzene rings is 1. The summed E-state index contributed by atoms with van der Waals surface area (Å²) in [4.78, 5) is 23.4. The molecular weight excluding hydrogens is 273 g/mol. The summed E-state index contributed by atoms with van der Waals surface area (Å²) in [5.74, 6) is 3.61. The van der Waals surface area contributed by atoms with Gasteiger partial charge in [0.05, 0.1) is 12.1 Å². The van der Waals surface area contributed by atoms with E-state index in [1.165, 1.54) is 19.1 Å². The van der Waals surface area contributed by atoms with Crippen molar-refractivity contribution in [1.29, 1.82) is 0 Å². The largest absolute Gasteiger partial charge is 0.355 e. The Bertz CT molecular complexity index is 590. The SMILES string of the molecule is CCNC(=O)C(C)NC(=O)c1ccc(C#CCN)cc1F. The van der Waals surface area contributed by atoms with E-state index < -0.39 is 17.8 Å². The van der Waals surface area contributed by atoms with E-state index in [1.807, 2.05) is 0 Å². The van der Waals surface area contributed by atoms with Crippen molar-refractivity contribution in [3.05, 3.63) is 35.1 Å². The number of halogens is 1. The minimum atomic E-state index is -0.742. The first-order valence-electron chi connectivity index (χ1n) is 6.56. The molecule has 0 saturated carbocycles. The molecule has 0 bridgehead atoms. The summed E-state index contributed by atoms with van der Waals surface area (Å²) in [6.07, 6.45) is 0. The Labute approximate surface area is 123 Å². The third-order valence-corrected chi connectivity index (χ3v) is 2.64. The minimum Gasteiger partial charge on any atom is -0.355 e. The fourth-order valence-corrected chi connectivity index (χ4v) is 1.60. The molecular formula is C15H18FN3O2.